The fourth-order valence-corrected chi connectivity index (χ4v) is 2.00. The predicted molar refractivity (Wildman–Crippen MR) is 65.2 cm³/mol. The van der Waals surface area contributed by atoms with Crippen LogP contribution in [0.4, 0.5) is 18.0 Å². The number of nitrogens with zero attached hydrogens (tertiary/aromatic N) is 1. The monoisotopic (exact) mass is 296 g/mol. The molecule has 2 N–H and O–H groups in total. The van der Waals surface area contributed by atoms with E-state index in [1.807, 2.05) is 6.92 Å². The smallest absolute Gasteiger partial charge is 0.422 e. The van der Waals surface area contributed by atoms with Gasteiger partial charge in [-0.3, -0.25) is 0 Å². The molecule has 5 nitrogen and oxygen atoms in total. The second-order valence-electron chi connectivity index (χ2n) is 5.38. The SMILES string of the molecule is CC1CCCN(C(=O)NC(C)(C(=O)O)C(F)(F)F)CC1. The van der Waals surface area contributed by atoms with Crippen LogP contribution in [0, 0.1) is 5.92 Å². The lowest BCUT2D eigenvalue weighted by Crippen LogP contribution is -2.64. The average molecular weight is 296 g/mol. The Bertz CT molecular complexity index is 387. The Morgan fingerprint density at radius 3 is 2.35 bits per heavy atom. The van der Waals surface area contributed by atoms with Gasteiger partial charge in [0, 0.05) is 13.1 Å². The van der Waals surface area contributed by atoms with Crippen LogP contribution in [-0.4, -0.2) is 46.8 Å². The molecule has 0 bridgehead atoms. The fraction of sp³-hybridized carbons (Fsp3) is 0.833. The van der Waals surface area contributed by atoms with Crippen LogP contribution in [-0.2, 0) is 4.79 Å². The number of urea groups is 1. The Morgan fingerprint density at radius 1 is 1.25 bits per heavy atom. The third-order valence-corrected chi connectivity index (χ3v) is 3.66. The number of nitrogens with one attached hydrogen (secondary N) is 1. The van der Waals surface area contributed by atoms with E-state index in [1.165, 1.54) is 4.90 Å². The topological polar surface area (TPSA) is 69.6 Å². The standard InChI is InChI=1S/C12H19F3N2O3/c1-8-4-3-6-17(7-5-8)10(20)16-11(2,9(18)19)12(13,14)15/h8H,3-7H2,1-2H3,(H,16,20)(H,18,19). The molecule has 1 aliphatic rings. The molecule has 1 saturated heterocycles. The summed E-state index contributed by atoms with van der Waals surface area (Å²) in [6.45, 7) is 3.14. The first-order chi connectivity index (χ1) is 9.08. The van der Waals surface area contributed by atoms with E-state index in [2.05, 4.69) is 0 Å². The summed E-state index contributed by atoms with van der Waals surface area (Å²) in [6.07, 6.45) is -2.76. The summed E-state index contributed by atoms with van der Waals surface area (Å²) < 4.78 is 38.4. The van der Waals surface area contributed by atoms with Crippen molar-refractivity contribution in [3.8, 4) is 0 Å². The molecule has 0 aromatic rings. The van der Waals surface area contributed by atoms with Gasteiger partial charge in [-0.1, -0.05) is 6.92 Å². The fourth-order valence-electron chi connectivity index (χ4n) is 2.00. The molecular weight excluding hydrogens is 277 g/mol. The summed E-state index contributed by atoms with van der Waals surface area (Å²) in [5, 5.41) is 10.4. The van der Waals surface area contributed by atoms with Crippen molar-refractivity contribution in [3.05, 3.63) is 0 Å². The van der Waals surface area contributed by atoms with E-state index in [4.69, 9.17) is 5.11 Å². The molecule has 0 radical (unpaired) electrons. The number of aliphatic carboxylic acids is 1. The zero-order valence-corrected chi connectivity index (χ0v) is 11.5. The van der Waals surface area contributed by atoms with Gasteiger partial charge in [0.2, 0.25) is 5.54 Å². The van der Waals surface area contributed by atoms with Crippen molar-refractivity contribution in [2.45, 2.75) is 44.8 Å². The highest BCUT2D eigenvalue weighted by Gasteiger charge is 2.58. The molecule has 1 heterocycles. The minimum atomic E-state index is -5.06. The average Bonchev–Trinajstić information content (AvgIpc) is 2.52. The van der Waals surface area contributed by atoms with E-state index in [-0.39, 0.29) is 0 Å². The number of rotatable bonds is 2. The lowest BCUT2D eigenvalue weighted by atomic mass is 10.0. The number of amides is 2. The number of likely N-dealkylation sites (tertiary alicyclic amines) is 1. The molecule has 2 unspecified atom stereocenters. The molecule has 0 saturated carbocycles. The molecule has 116 valence electrons. The lowest BCUT2D eigenvalue weighted by Gasteiger charge is -2.31. The number of alkyl halides is 3. The molecule has 2 amide bonds. The molecule has 0 aromatic carbocycles. The van der Waals surface area contributed by atoms with E-state index in [1.54, 1.807) is 5.32 Å². The minimum absolute atomic E-state index is 0.334. The zero-order valence-electron chi connectivity index (χ0n) is 11.5. The van der Waals surface area contributed by atoms with Crippen LogP contribution in [0.2, 0.25) is 0 Å². The van der Waals surface area contributed by atoms with Crippen LogP contribution in [0.1, 0.15) is 33.1 Å². The Hall–Kier alpha value is -1.47. The van der Waals surface area contributed by atoms with Gasteiger partial charge in [0.25, 0.3) is 0 Å². The number of carbonyl (C=O) groups is 2. The van der Waals surface area contributed by atoms with Gasteiger partial charge >= 0.3 is 18.2 Å². The van der Waals surface area contributed by atoms with Crippen LogP contribution < -0.4 is 5.32 Å². The highest BCUT2D eigenvalue weighted by molar-refractivity contribution is 5.86. The minimum Gasteiger partial charge on any atom is -0.479 e. The second-order valence-corrected chi connectivity index (χ2v) is 5.38. The van der Waals surface area contributed by atoms with Crippen molar-refractivity contribution in [1.29, 1.82) is 0 Å². The van der Waals surface area contributed by atoms with Gasteiger partial charge in [-0.25, -0.2) is 9.59 Å². The molecule has 1 fully saturated rings. The predicted octanol–water partition coefficient (Wildman–Crippen LogP) is 2.22. The van der Waals surface area contributed by atoms with Gasteiger partial charge in [0.1, 0.15) is 0 Å². The second kappa shape index (κ2) is 5.88. The first-order valence-corrected chi connectivity index (χ1v) is 6.45. The van der Waals surface area contributed by atoms with Crippen LogP contribution >= 0.6 is 0 Å². The van der Waals surface area contributed by atoms with Crippen molar-refractivity contribution in [1.82, 2.24) is 10.2 Å². The van der Waals surface area contributed by atoms with Gasteiger partial charge < -0.3 is 15.3 Å². The van der Waals surface area contributed by atoms with Gasteiger partial charge in [0.15, 0.2) is 0 Å². The number of carboxylic acid groups (broad SMARTS) is 1. The van der Waals surface area contributed by atoms with Crippen LogP contribution in [0.5, 0.6) is 0 Å². The maximum atomic E-state index is 12.8. The number of carbonyl (C=O) groups excluding carboxylic acids is 1. The molecule has 2 atom stereocenters. The first-order valence-electron chi connectivity index (χ1n) is 6.45. The third-order valence-electron chi connectivity index (χ3n) is 3.66. The highest BCUT2D eigenvalue weighted by Crippen LogP contribution is 2.30. The quantitative estimate of drug-likeness (QED) is 0.821. The van der Waals surface area contributed by atoms with E-state index in [0.717, 1.165) is 6.42 Å². The zero-order chi connectivity index (χ0) is 15.6. The summed E-state index contributed by atoms with van der Waals surface area (Å²) in [6, 6.07) is -0.985. The lowest BCUT2D eigenvalue weighted by molar-refractivity contribution is -0.203. The number of carboxylic acids is 1. The largest absolute Gasteiger partial charge is 0.479 e. The maximum Gasteiger partial charge on any atom is 0.422 e. The summed E-state index contributed by atoms with van der Waals surface area (Å²) >= 11 is 0. The van der Waals surface area contributed by atoms with Gasteiger partial charge in [-0.15, -0.1) is 0 Å². The molecule has 20 heavy (non-hydrogen) atoms. The van der Waals surface area contributed by atoms with E-state index >= 15 is 0 Å². The molecule has 1 rings (SSSR count). The Labute approximate surface area is 115 Å². The molecule has 1 aliphatic heterocycles. The first kappa shape index (κ1) is 16.6. The van der Waals surface area contributed by atoms with E-state index < -0.39 is 23.7 Å². The third kappa shape index (κ3) is 3.55. The Kier molecular flexibility index (Phi) is 4.88. The molecule has 0 spiro atoms. The van der Waals surface area contributed by atoms with Gasteiger partial charge in [-0.2, -0.15) is 13.2 Å². The van der Waals surface area contributed by atoms with Crippen molar-refractivity contribution in [2.24, 2.45) is 5.92 Å². The van der Waals surface area contributed by atoms with Gasteiger partial charge in [-0.05, 0) is 32.1 Å². The van der Waals surface area contributed by atoms with Crippen molar-refractivity contribution in [2.75, 3.05) is 13.1 Å². The maximum absolute atomic E-state index is 12.8. The number of hydrogen-bond donors (Lipinski definition) is 2. The van der Waals surface area contributed by atoms with Crippen LogP contribution in [0.25, 0.3) is 0 Å². The molecular formula is C12H19F3N2O3. The Balaban J connectivity index is 2.79. The molecule has 8 heteroatoms. The summed E-state index contributed by atoms with van der Waals surface area (Å²) in [5.41, 5.74) is -3.28. The molecule has 0 aromatic heterocycles. The normalized spacial score (nSPS) is 23.6. The van der Waals surface area contributed by atoms with Crippen LogP contribution in [0.15, 0.2) is 0 Å². The van der Waals surface area contributed by atoms with Crippen molar-refractivity contribution in [3.63, 3.8) is 0 Å². The number of halogens is 3. The van der Waals surface area contributed by atoms with E-state index in [9.17, 15) is 22.8 Å². The Morgan fingerprint density at radius 2 is 1.85 bits per heavy atom. The van der Waals surface area contributed by atoms with Crippen molar-refractivity contribution < 1.29 is 27.9 Å². The highest BCUT2D eigenvalue weighted by atomic mass is 19.4. The van der Waals surface area contributed by atoms with E-state index in [0.29, 0.717) is 38.8 Å². The van der Waals surface area contributed by atoms with Gasteiger partial charge in [0.05, 0.1) is 0 Å². The summed E-state index contributed by atoms with van der Waals surface area (Å²) in [5.74, 6) is -1.72. The summed E-state index contributed by atoms with van der Waals surface area (Å²) in [7, 11) is 0. The summed E-state index contributed by atoms with van der Waals surface area (Å²) in [4.78, 5) is 24.0. The number of hydrogen-bond acceptors (Lipinski definition) is 2. The molecule has 0 aliphatic carbocycles. The van der Waals surface area contributed by atoms with Crippen molar-refractivity contribution >= 4 is 12.0 Å². The van der Waals surface area contributed by atoms with Crippen LogP contribution in [0.3, 0.4) is 0 Å².